The van der Waals surface area contributed by atoms with Gasteiger partial charge in [-0.25, -0.2) is 9.78 Å². The highest BCUT2D eigenvalue weighted by Gasteiger charge is 2.33. The average molecular weight is 476 g/mol. The number of pyridine rings is 1. The van der Waals surface area contributed by atoms with Gasteiger partial charge in [-0.05, 0) is 54.6 Å². The topological polar surface area (TPSA) is 86.4 Å². The number of carbonyl (C=O) groups excluding carboxylic acids is 2. The molecule has 5 heterocycles. The van der Waals surface area contributed by atoms with Gasteiger partial charge in [-0.1, -0.05) is 18.2 Å². The molecule has 0 unspecified atom stereocenters. The number of hydrogen-bond acceptors (Lipinski definition) is 6. The predicted molar refractivity (Wildman–Crippen MR) is 134 cm³/mol. The quantitative estimate of drug-likeness (QED) is 0.379. The SMILES string of the molecule is O=C(N[C@@H]1CCCNC1)c1sc2nccc3c2c1NC(=O)N3c1ccc(-c2cccs2)cc1. The highest BCUT2D eigenvalue weighted by molar-refractivity contribution is 7.21. The number of amides is 3. The van der Waals surface area contributed by atoms with Crippen molar-refractivity contribution in [2.24, 2.45) is 0 Å². The number of carbonyl (C=O) groups is 2. The molecule has 0 spiro atoms. The largest absolute Gasteiger partial charge is 0.347 e. The van der Waals surface area contributed by atoms with Crippen molar-refractivity contribution in [3.05, 3.63) is 58.9 Å². The fourth-order valence-corrected chi connectivity index (χ4v) is 6.20. The highest BCUT2D eigenvalue weighted by atomic mass is 32.1. The molecule has 0 radical (unpaired) electrons. The normalized spacial score (nSPS) is 17.8. The van der Waals surface area contributed by atoms with Gasteiger partial charge >= 0.3 is 6.03 Å². The Labute approximate surface area is 198 Å². The minimum Gasteiger partial charge on any atom is -0.347 e. The second-order valence-corrected chi connectivity index (χ2v) is 10.1. The molecule has 0 saturated carbocycles. The lowest BCUT2D eigenvalue weighted by molar-refractivity contribution is 0.0935. The maximum Gasteiger partial charge on any atom is 0.331 e. The van der Waals surface area contributed by atoms with E-state index in [9.17, 15) is 9.59 Å². The van der Waals surface area contributed by atoms with Gasteiger partial charge in [-0.3, -0.25) is 9.69 Å². The summed E-state index contributed by atoms with van der Waals surface area (Å²) < 4.78 is 0. The molecule has 6 rings (SSSR count). The molecular formula is C24H21N5O2S2. The van der Waals surface area contributed by atoms with Gasteiger partial charge in [-0.2, -0.15) is 0 Å². The van der Waals surface area contributed by atoms with Gasteiger partial charge in [0.15, 0.2) is 0 Å². The van der Waals surface area contributed by atoms with Crippen LogP contribution in [-0.4, -0.2) is 36.1 Å². The number of thiophene rings is 2. The lowest BCUT2D eigenvalue weighted by atomic mass is 10.1. The van der Waals surface area contributed by atoms with E-state index < -0.39 is 0 Å². The second kappa shape index (κ2) is 8.26. The molecule has 4 aromatic rings. The predicted octanol–water partition coefficient (Wildman–Crippen LogP) is 5.19. The maximum atomic E-state index is 13.2. The molecule has 9 heteroatoms. The molecule has 7 nitrogen and oxygen atoms in total. The molecule has 2 aliphatic rings. The van der Waals surface area contributed by atoms with Crippen LogP contribution in [0.15, 0.2) is 54.0 Å². The number of hydrogen-bond donors (Lipinski definition) is 3. The van der Waals surface area contributed by atoms with Crippen LogP contribution in [0.25, 0.3) is 20.7 Å². The van der Waals surface area contributed by atoms with Gasteiger partial charge in [0.25, 0.3) is 5.91 Å². The first kappa shape index (κ1) is 20.3. The molecule has 3 amide bonds. The summed E-state index contributed by atoms with van der Waals surface area (Å²) in [5.74, 6) is -0.165. The van der Waals surface area contributed by atoms with Gasteiger partial charge < -0.3 is 16.0 Å². The zero-order chi connectivity index (χ0) is 22.4. The van der Waals surface area contributed by atoms with Crippen molar-refractivity contribution in [1.82, 2.24) is 15.6 Å². The minimum atomic E-state index is -0.286. The van der Waals surface area contributed by atoms with Crippen LogP contribution in [-0.2, 0) is 0 Å². The van der Waals surface area contributed by atoms with Crippen molar-refractivity contribution >= 4 is 61.9 Å². The maximum absolute atomic E-state index is 13.2. The molecule has 0 aliphatic carbocycles. The van der Waals surface area contributed by atoms with Crippen LogP contribution in [0, 0.1) is 0 Å². The van der Waals surface area contributed by atoms with Crippen molar-refractivity contribution in [3.8, 4) is 10.4 Å². The van der Waals surface area contributed by atoms with E-state index in [1.54, 1.807) is 22.4 Å². The van der Waals surface area contributed by atoms with Crippen LogP contribution in [0.1, 0.15) is 22.5 Å². The molecule has 0 bridgehead atoms. The zero-order valence-electron chi connectivity index (χ0n) is 17.6. The Hall–Kier alpha value is -3.27. The third-order valence-corrected chi connectivity index (χ3v) is 8.03. The van der Waals surface area contributed by atoms with E-state index in [0.717, 1.165) is 53.1 Å². The minimum absolute atomic E-state index is 0.0914. The summed E-state index contributed by atoms with van der Waals surface area (Å²) in [6.07, 6.45) is 3.67. The van der Waals surface area contributed by atoms with Crippen LogP contribution < -0.4 is 20.9 Å². The van der Waals surface area contributed by atoms with E-state index in [-0.39, 0.29) is 18.0 Å². The lowest BCUT2D eigenvalue weighted by Crippen LogP contribution is -2.45. The molecule has 166 valence electrons. The van der Waals surface area contributed by atoms with Crippen LogP contribution in [0.2, 0.25) is 0 Å². The van der Waals surface area contributed by atoms with Gasteiger partial charge in [0.1, 0.15) is 9.71 Å². The second-order valence-electron chi connectivity index (χ2n) is 8.12. The fourth-order valence-electron chi connectivity index (χ4n) is 4.44. The average Bonchev–Trinajstić information content (AvgIpc) is 3.50. The first-order valence-electron chi connectivity index (χ1n) is 10.9. The number of benzene rings is 1. The van der Waals surface area contributed by atoms with Crippen molar-refractivity contribution in [1.29, 1.82) is 0 Å². The summed E-state index contributed by atoms with van der Waals surface area (Å²) in [5, 5.41) is 12.2. The van der Waals surface area contributed by atoms with E-state index >= 15 is 0 Å². The van der Waals surface area contributed by atoms with Gasteiger partial charge in [-0.15, -0.1) is 22.7 Å². The lowest BCUT2D eigenvalue weighted by Gasteiger charge is -2.28. The van der Waals surface area contributed by atoms with E-state index in [0.29, 0.717) is 10.6 Å². The molecule has 1 saturated heterocycles. The third-order valence-electron chi connectivity index (χ3n) is 6.02. The smallest absolute Gasteiger partial charge is 0.331 e. The Balaban J connectivity index is 1.37. The molecular weight excluding hydrogens is 454 g/mol. The van der Waals surface area contributed by atoms with Gasteiger partial charge in [0.05, 0.1) is 22.4 Å². The molecule has 1 atom stereocenters. The molecule has 1 fully saturated rings. The number of piperidine rings is 1. The standard InChI is InChI=1S/C24H21N5O2S2/c30-22(27-15-3-1-10-25-13-15)21-20-19-17(9-11-26-23(19)33-21)29(24(31)28-20)16-7-5-14(6-8-16)18-4-2-12-32-18/h2,4-9,11-12,15,25H,1,3,10,13H2,(H,27,30)(H,28,31)/t15-/m1/s1. The van der Waals surface area contributed by atoms with Crippen LogP contribution >= 0.6 is 22.7 Å². The third kappa shape index (κ3) is 3.58. The van der Waals surface area contributed by atoms with Crippen molar-refractivity contribution in [2.75, 3.05) is 23.3 Å². The molecule has 33 heavy (non-hydrogen) atoms. The summed E-state index contributed by atoms with van der Waals surface area (Å²) in [7, 11) is 0. The Kier molecular flexibility index (Phi) is 5.09. The monoisotopic (exact) mass is 475 g/mol. The summed E-state index contributed by atoms with van der Waals surface area (Å²) in [4.78, 5) is 34.9. The summed E-state index contributed by atoms with van der Waals surface area (Å²) in [5.41, 5.74) is 3.16. The Morgan fingerprint density at radius 3 is 2.82 bits per heavy atom. The molecule has 2 aliphatic heterocycles. The van der Waals surface area contributed by atoms with Crippen LogP contribution in [0.3, 0.4) is 0 Å². The Bertz CT molecular complexity index is 1340. The number of aromatic nitrogens is 1. The number of urea groups is 1. The summed E-state index contributed by atoms with van der Waals surface area (Å²) in [6.45, 7) is 1.74. The molecule has 3 N–H and O–H groups in total. The number of anilines is 3. The van der Waals surface area contributed by atoms with Crippen molar-refractivity contribution < 1.29 is 9.59 Å². The summed E-state index contributed by atoms with van der Waals surface area (Å²) in [6, 6.07) is 13.7. The van der Waals surface area contributed by atoms with E-state index in [1.807, 2.05) is 41.8 Å². The number of nitrogens with zero attached hydrogens (tertiary/aromatic N) is 2. The molecule has 3 aromatic heterocycles. The molecule has 1 aromatic carbocycles. The van der Waals surface area contributed by atoms with Gasteiger partial charge in [0, 0.05) is 23.7 Å². The van der Waals surface area contributed by atoms with E-state index in [1.165, 1.54) is 16.2 Å². The van der Waals surface area contributed by atoms with Crippen LogP contribution in [0.4, 0.5) is 21.9 Å². The Morgan fingerprint density at radius 1 is 1.18 bits per heavy atom. The highest BCUT2D eigenvalue weighted by Crippen LogP contribution is 2.45. The first-order valence-corrected chi connectivity index (χ1v) is 12.6. The zero-order valence-corrected chi connectivity index (χ0v) is 19.3. The van der Waals surface area contributed by atoms with Crippen molar-refractivity contribution in [2.45, 2.75) is 18.9 Å². The van der Waals surface area contributed by atoms with E-state index in [2.05, 4.69) is 27.0 Å². The van der Waals surface area contributed by atoms with E-state index in [4.69, 9.17) is 0 Å². The number of nitrogens with one attached hydrogen (secondary N) is 3. The summed E-state index contributed by atoms with van der Waals surface area (Å²) >= 11 is 3.00. The fraction of sp³-hybridized carbons (Fsp3) is 0.208. The van der Waals surface area contributed by atoms with Gasteiger partial charge in [0.2, 0.25) is 0 Å². The number of rotatable bonds is 4. The van der Waals surface area contributed by atoms with Crippen molar-refractivity contribution in [3.63, 3.8) is 0 Å². The first-order chi connectivity index (χ1) is 16.2. The van der Waals surface area contributed by atoms with Crippen LogP contribution in [0.5, 0.6) is 0 Å². The Morgan fingerprint density at radius 2 is 2.06 bits per heavy atom.